The van der Waals surface area contributed by atoms with Crippen LogP contribution in [0.4, 0.5) is 0 Å². The van der Waals surface area contributed by atoms with E-state index >= 15 is 0 Å². The number of amides is 2. The summed E-state index contributed by atoms with van der Waals surface area (Å²) in [5.74, 6) is -0.127. The van der Waals surface area contributed by atoms with Gasteiger partial charge in [0.25, 0.3) is 5.91 Å². The van der Waals surface area contributed by atoms with E-state index in [0.717, 1.165) is 5.06 Å². The SMILES string of the molecule is CC(=O)N1CC(=O)N(OC[C@H](O)COc2ccccc2)[C@H]1c1ccc(Cl)cc1Cl. The van der Waals surface area contributed by atoms with Gasteiger partial charge < -0.3 is 14.7 Å². The highest BCUT2D eigenvalue weighted by Crippen LogP contribution is 2.36. The number of para-hydroxylation sites is 1. The molecule has 1 N–H and O–H groups in total. The predicted octanol–water partition coefficient (Wildman–Crippen LogP) is 3.05. The maximum Gasteiger partial charge on any atom is 0.268 e. The molecule has 1 fully saturated rings. The van der Waals surface area contributed by atoms with Crippen LogP contribution in [0, 0.1) is 0 Å². The summed E-state index contributed by atoms with van der Waals surface area (Å²) in [7, 11) is 0. The second-order valence-electron chi connectivity index (χ2n) is 6.48. The molecule has 7 nitrogen and oxygen atoms in total. The van der Waals surface area contributed by atoms with Gasteiger partial charge in [-0.15, -0.1) is 0 Å². The van der Waals surface area contributed by atoms with Crippen LogP contribution in [0.5, 0.6) is 5.75 Å². The molecule has 2 atom stereocenters. The lowest BCUT2D eigenvalue weighted by molar-refractivity contribution is -0.209. The van der Waals surface area contributed by atoms with E-state index in [0.29, 0.717) is 21.4 Å². The van der Waals surface area contributed by atoms with Crippen LogP contribution in [0.2, 0.25) is 10.0 Å². The Kier molecular flexibility index (Phi) is 6.97. The lowest BCUT2D eigenvalue weighted by atomic mass is 10.1. The van der Waals surface area contributed by atoms with Crippen LogP contribution in [-0.4, -0.2) is 52.7 Å². The number of hydrogen-bond acceptors (Lipinski definition) is 5. The third-order valence-electron chi connectivity index (χ3n) is 4.31. The lowest BCUT2D eigenvalue weighted by Crippen LogP contribution is -2.37. The standard InChI is InChI=1S/C20H20Cl2N2O5/c1-13(25)23-10-19(27)24(20(23)17-8-7-14(21)9-18(17)22)29-12-15(26)11-28-16-5-3-2-4-6-16/h2-9,15,20,26H,10-12H2,1H3/t15-,20+/m1/s1. The molecular formula is C20H20Cl2N2O5. The number of hydroxylamine groups is 2. The molecule has 0 aromatic heterocycles. The van der Waals surface area contributed by atoms with E-state index in [2.05, 4.69) is 0 Å². The fraction of sp³-hybridized carbons (Fsp3) is 0.300. The number of benzene rings is 2. The fourth-order valence-corrected chi connectivity index (χ4v) is 3.43. The van der Waals surface area contributed by atoms with E-state index in [1.54, 1.807) is 24.3 Å². The smallest absolute Gasteiger partial charge is 0.268 e. The van der Waals surface area contributed by atoms with E-state index in [9.17, 15) is 14.7 Å². The van der Waals surface area contributed by atoms with Crippen molar-refractivity contribution in [3.8, 4) is 5.75 Å². The number of nitrogens with zero attached hydrogens (tertiary/aromatic N) is 2. The Morgan fingerprint density at radius 2 is 1.93 bits per heavy atom. The topological polar surface area (TPSA) is 79.3 Å². The van der Waals surface area contributed by atoms with Gasteiger partial charge in [0.2, 0.25) is 5.91 Å². The molecule has 154 valence electrons. The van der Waals surface area contributed by atoms with Gasteiger partial charge in [-0.05, 0) is 24.3 Å². The average Bonchev–Trinajstić information content (AvgIpc) is 3.02. The first-order chi connectivity index (χ1) is 13.9. The largest absolute Gasteiger partial charge is 0.491 e. The van der Waals surface area contributed by atoms with Crippen molar-refractivity contribution in [1.82, 2.24) is 9.96 Å². The van der Waals surface area contributed by atoms with Crippen molar-refractivity contribution < 1.29 is 24.3 Å². The Morgan fingerprint density at radius 1 is 1.21 bits per heavy atom. The molecule has 1 aliphatic rings. The van der Waals surface area contributed by atoms with Crippen LogP contribution in [0.15, 0.2) is 48.5 Å². The van der Waals surface area contributed by atoms with Gasteiger partial charge >= 0.3 is 0 Å². The van der Waals surface area contributed by atoms with E-state index in [1.807, 2.05) is 18.2 Å². The molecule has 2 aromatic carbocycles. The number of carbonyl (C=O) groups excluding carboxylic acids is 2. The number of halogens is 2. The molecular weight excluding hydrogens is 419 g/mol. The minimum absolute atomic E-state index is 0.0190. The Morgan fingerprint density at radius 3 is 2.59 bits per heavy atom. The molecule has 0 saturated carbocycles. The molecule has 1 heterocycles. The predicted molar refractivity (Wildman–Crippen MR) is 107 cm³/mol. The summed E-state index contributed by atoms with van der Waals surface area (Å²) in [6.07, 6.45) is -1.84. The number of carbonyl (C=O) groups is 2. The van der Waals surface area contributed by atoms with Gasteiger partial charge in [0, 0.05) is 22.5 Å². The number of ether oxygens (including phenoxy) is 1. The second kappa shape index (κ2) is 9.45. The fourth-order valence-electron chi connectivity index (χ4n) is 2.92. The monoisotopic (exact) mass is 438 g/mol. The number of hydrogen-bond donors (Lipinski definition) is 1. The maximum absolute atomic E-state index is 12.5. The quantitative estimate of drug-likeness (QED) is 0.718. The summed E-state index contributed by atoms with van der Waals surface area (Å²) in [5, 5.41) is 12.0. The van der Waals surface area contributed by atoms with Crippen molar-refractivity contribution in [2.24, 2.45) is 0 Å². The number of rotatable bonds is 7. The van der Waals surface area contributed by atoms with Gasteiger partial charge in [0.1, 0.15) is 31.6 Å². The molecule has 3 rings (SSSR count). The molecule has 9 heteroatoms. The Balaban J connectivity index is 1.70. The van der Waals surface area contributed by atoms with Crippen molar-refractivity contribution >= 4 is 35.0 Å². The molecule has 0 aliphatic carbocycles. The van der Waals surface area contributed by atoms with Gasteiger partial charge in [-0.2, -0.15) is 5.06 Å². The van der Waals surface area contributed by atoms with Gasteiger partial charge in [0.15, 0.2) is 6.17 Å². The van der Waals surface area contributed by atoms with E-state index in [1.165, 1.54) is 17.9 Å². The van der Waals surface area contributed by atoms with Crippen LogP contribution in [0.1, 0.15) is 18.7 Å². The zero-order valence-corrected chi connectivity index (χ0v) is 17.1. The third-order valence-corrected chi connectivity index (χ3v) is 4.87. The maximum atomic E-state index is 12.5. The van der Waals surface area contributed by atoms with Crippen LogP contribution in [0.25, 0.3) is 0 Å². The molecule has 1 saturated heterocycles. The molecule has 2 aromatic rings. The van der Waals surface area contributed by atoms with Crippen LogP contribution in [-0.2, 0) is 14.4 Å². The summed E-state index contributed by atoms with van der Waals surface area (Å²) in [6, 6.07) is 13.8. The van der Waals surface area contributed by atoms with E-state index < -0.39 is 18.2 Å². The van der Waals surface area contributed by atoms with Crippen molar-refractivity contribution in [2.75, 3.05) is 19.8 Å². The second-order valence-corrected chi connectivity index (χ2v) is 7.32. The van der Waals surface area contributed by atoms with E-state index in [-0.39, 0.29) is 25.7 Å². The summed E-state index contributed by atoms with van der Waals surface area (Å²) >= 11 is 12.2. The van der Waals surface area contributed by atoms with E-state index in [4.69, 9.17) is 32.8 Å². The van der Waals surface area contributed by atoms with Crippen molar-refractivity contribution in [1.29, 1.82) is 0 Å². The molecule has 0 spiro atoms. The zero-order chi connectivity index (χ0) is 21.0. The van der Waals surface area contributed by atoms with Gasteiger partial charge in [-0.3, -0.25) is 14.4 Å². The molecule has 0 radical (unpaired) electrons. The molecule has 2 amide bonds. The molecule has 0 unspecified atom stereocenters. The highest BCUT2D eigenvalue weighted by Gasteiger charge is 2.42. The average molecular weight is 439 g/mol. The number of aliphatic hydroxyl groups excluding tert-OH is 1. The minimum Gasteiger partial charge on any atom is -0.491 e. The first kappa shape index (κ1) is 21.4. The summed E-state index contributed by atoms with van der Waals surface area (Å²) < 4.78 is 5.48. The number of aliphatic hydroxyl groups is 1. The van der Waals surface area contributed by atoms with Crippen molar-refractivity contribution in [3.05, 3.63) is 64.1 Å². The van der Waals surface area contributed by atoms with Crippen LogP contribution < -0.4 is 4.74 Å². The highest BCUT2D eigenvalue weighted by molar-refractivity contribution is 6.35. The molecule has 29 heavy (non-hydrogen) atoms. The normalized spacial score (nSPS) is 17.5. The van der Waals surface area contributed by atoms with Crippen LogP contribution >= 0.6 is 23.2 Å². The Hall–Kier alpha value is -2.32. The zero-order valence-electron chi connectivity index (χ0n) is 15.6. The minimum atomic E-state index is -0.990. The van der Waals surface area contributed by atoms with Crippen molar-refractivity contribution in [2.45, 2.75) is 19.2 Å². The van der Waals surface area contributed by atoms with Gasteiger partial charge in [-0.25, -0.2) is 0 Å². The first-order valence-corrected chi connectivity index (χ1v) is 9.65. The Labute approximate surface area is 178 Å². The molecule has 1 aliphatic heterocycles. The Bertz CT molecular complexity index is 880. The highest BCUT2D eigenvalue weighted by atomic mass is 35.5. The third kappa shape index (κ3) is 5.19. The lowest BCUT2D eigenvalue weighted by Gasteiger charge is -2.29. The van der Waals surface area contributed by atoms with Gasteiger partial charge in [-0.1, -0.05) is 47.5 Å². The van der Waals surface area contributed by atoms with Crippen molar-refractivity contribution in [3.63, 3.8) is 0 Å². The van der Waals surface area contributed by atoms with Crippen LogP contribution in [0.3, 0.4) is 0 Å². The summed E-state index contributed by atoms with van der Waals surface area (Å²) in [6.45, 7) is 0.979. The first-order valence-electron chi connectivity index (χ1n) is 8.90. The summed E-state index contributed by atoms with van der Waals surface area (Å²) in [5.41, 5.74) is 0.493. The van der Waals surface area contributed by atoms with Gasteiger partial charge in [0.05, 0.1) is 0 Å². The summed E-state index contributed by atoms with van der Waals surface area (Å²) in [4.78, 5) is 31.4. The molecule has 0 bridgehead atoms.